The van der Waals surface area contributed by atoms with Crippen LogP contribution in [0, 0.1) is 39.4 Å². The van der Waals surface area contributed by atoms with Crippen molar-refractivity contribution in [1.29, 1.82) is 0 Å². The predicted octanol–water partition coefficient (Wildman–Crippen LogP) is 7.48. The number of ether oxygens (including phenoxy) is 2. The first kappa shape index (κ1) is 38.6. The second-order valence-electron chi connectivity index (χ2n) is 15.6. The highest BCUT2D eigenvalue weighted by Gasteiger charge is 2.39. The lowest BCUT2D eigenvalue weighted by Crippen LogP contribution is -2.45. The summed E-state index contributed by atoms with van der Waals surface area (Å²) in [6.07, 6.45) is -1.34. The molecule has 4 radical (unpaired) electrons. The van der Waals surface area contributed by atoms with Crippen LogP contribution >= 0.6 is 6.72 Å². The van der Waals surface area contributed by atoms with Crippen LogP contribution in [0.4, 0.5) is 0 Å². The van der Waals surface area contributed by atoms with Crippen molar-refractivity contribution in [3.8, 4) is 0 Å². The van der Waals surface area contributed by atoms with Crippen LogP contribution in [0.25, 0.3) is 0 Å². The van der Waals surface area contributed by atoms with Crippen molar-refractivity contribution in [3.63, 3.8) is 0 Å². The Morgan fingerprint density at radius 1 is 0.658 bits per heavy atom. The molecule has 0 aromatic rings. The van der Waals surface area contributed by atoms with Crippen molar-refractivity contribution in [1.82, 2.24) is 0 Å². The Morgan fingerprint density at radius 3 is 1.37 bits per heavy atom. The molecule has 0 aliphatic carbocycles. The molecule has 0 heterocycles. The van der Waals surface area contributed by atoms with Crippen molar-refractivity contribution in [3.05, 3.63) is 0 Å². The molecule has 0 aliphatic rings. The molecule has 9 atom stereocenters. The molecule has 222 valence electrons. The van der Waals surface area contributed by atoms with Crippen LogP contribution in [0.15, 0.2) is 0 Å². The summed E-state index contributed by atoms with van der Waals surface area (Å²) >= 11 is 5.46. The van der Waals surface area contributed by atoms with E-state index in [-0.39, 0.29) is 52.1 Å². The second-order valence-corrected chi connectivity index (χ2v) is 18.4. The summed E-state index contributed by atoms with van der Waals surface area (Å²) in [5.74, 6) is 0.287. The highest BCUT2D eigenvalue weighted by atomic mass is 32.5. The molecule has 3 unspecified atom stereocenters. The van der Waals surface area contributed by atoms with E-state index in [0.717, 1.165) is 0 Å². The van der Waals surface area contributed by atoms with Gasteiger partial charge in [-0.05, 0) is 58.1 Å². The molecule has 0 amide bonds. The maximum absolute atomic E-state index is 11.1. The SMILES string of the molecule is [B][C@H](O[C@H](COP(O)(=S)O[C@H](C)[C@H](O[C@@H]([B])C(C)C(C)(C)C)C(C)(C)C)[C@@H](C)C(C)(C)C)C(C)C(C)(C)C. The molecule has 0 rings (SSSR count). The molecule has 0 saturated carbocycles. The zero-order valence-electron chi connectivity index (χ0n) is 27.4. The van der Waals surface area contributed by atoms with Crippen LogP contribution in [0.1, 0.15) is 111 Å². The lowest BCUT2D eigenvalue weighted by atomic mass is 9.72. The van der Waals surface area contributed by atoms with Gasteiger partial charge in [0.15, 0.2) is 0 Å². The molecule has 0 aromatic heterocycles. The Kier molecular flexibility index (Phi) is 14.4. The fraction of sp³-hybridized carbons (Fsp3) is 1.00. The van der Waals surface area contributed by atoms with Gasteiger partial charge >= 0.3 is 6.72 Å². The van der Waals surface area contributed by atoms with Crippen LogP contribution in [0.3, 0.4) is 0 Å². The average molecular weight is 572 g/mol. The van der Waals surface area contributed by atoms with Crippen molar-refractivity contribution in [2.75, 3.05) is 6.61 Å². The normalized spacial score (nSPS) is 22.0. The molecule has 9 heteroatoms. The van der Waals surface area contributed by atoms with Gasteiger partial charge in [0, 0.05) is 12.0 Å². The molecular weight excluding hydrogens is 513 g/mol. The quantitative estimate of drug-likeness (QED) is 0.183. The van der Waals surface area contributed by atoms with Gasteiger partial charge in [-0.1, -0.05) is 104 Å². The first-order valence-electron chi connectivity index (χ1n) is 14.1. The zero-order valence-corrected chi connectivity index (χ0v) is 29.1. The van der Waals surface area contributed by atoms with Crippen LogP contribution in [0.5, 0.6) is 0 Å². The van der Waals surface area contributed by atoms with E-state index in [2.05, 4.69) is 104 Å². The number of rotatable bonds is 13. The van der Waals surface area contributed by atoms with E-state index in [4.69, 9.17) is 46.0 Å². The zero-order chi connectivity index (χ0) is 30.7. The molecule has 0 aromatic carbocycles. The predicted molar refractivity (Wildman–Crippen MR) is 167 cm³/mol. The van der Waals surface area contributed by atoms with Gasteiger partial charge in [0.05, 0.1) is 24.9 Å². The number of hydrogen-bond acceptors (Lipinski definition) is 5. The second kappa shape index (κ2) is 14.2. The van der Waals surface area contributed by atoms with Gasteiger partial charge in [0.25, 0.3) is 0 Å². The Morgan fingerprint density at radius 2 is 1.03 bits per heavy atom. The summed E-state index contributed by atoms with van der Waals surface area (Å²) < 4.78 is 24.6. The Hall–Kier alpha value is 0.580. The molecular formula is C29H59B2O5PS. The summed E-state index contributed by atoms with van der Waals surface area (Å²) in [7, 11) is 12.9. The van der Waals surface area contributed by atoms with Crippen molar-refractivity contribution in [2.24, 2.45) is 39.4 Å². The van der Waals surface area contributed by atoms with E-state index < -0.39 is 30.9 Å². The lowest BCUT2D eigenvalue weighted by Gasteiger charge is -2.42. The van der Waals surface area contributed by atoms with Crippen molar-refractivity contribution in [2.45, 2.75) is 141 Å². The van der Waals surface area contributed by atoms with Gasteiger partial charge in [-0.15, -0.1) is 0 Å². The lowest BCUT2D eigenvalue weighted by molar-refractivity contribution is -0.116. The molecule has 0 spiro atoms. The largest absolute Gasteiger partial charge is 0.382 e. The monoisotopic (exact) mass is 572 g/mol. The molecule has 0 fully saturated rings. The third kappa shape index (κ3) is 13.0. The highest BCUT2D eigenvalue weighted by Crippen LogP contribution is 2.48. The molecule has 0 bridgehead atoms. The van der Waals surface area contributed by atoms with Gasteiger partial charge < -0.3 is 23.4 Å². The summed E-state index contributed by atoms with van der Waals surface area (Å²) in [4.78, 5) is 11.1. The Bertz CT molecular complexity index is 754. The van der Waals surface area contributed by atoms with Crippen LogP contribution in [-0.2, 0) is 30.3 Å². The maximum Gasteiger partial charge on any atom is 0.324 e. The Balaban J connectivity index is 5.67. The van der Waals surface area contributed by atoms with E-state index in [0.29, 0.717) is 0 Å². The van der Waals surface area contributed by atoms with Gasteiger partial charge in [-0.25, -0.2) is 0 Å². The number of hydrogen-bond donors (Lipinski definition) is 1. The fourth-order valence-corrected chi connectivity index (χ4v) is 5.45. The molecule has 5 nitrogen and oxygen atoms in total. The summed E-state index contributed by atoms with van der Waals surface area (Å²) in [5, 5.41) is 0. The molecule has 1 N–H and O–H groups in total. The minimum Gasteiger partial charge on any atom is -0.382 e. The Labute approximate surface area is 244 Å². The maximum atomic E-state index is 11.1. The third-order valence-corrected chi connectivity index (χ3v) is 9.91. The first-order chi connectivity index (χ1) is 16.6. The summed E-state index contributed by atoms with van der Waals surface area (Å²) in [6, 6.07) is -0.991. The van der Waals surface area contributed by atoms with E-state index >= 15 is 0 Å². The van der Waals surface area contributed by atoms with Gasteiger partial charge in [0.1, 0.15) is 15.7 Å². The molecule has 0 saturated heterocycles. The summed E-state index contributed by atoms with van der Waals surface area (Å²) in [6.45, 7) is 30.0. The first-order valence-corrected chi connectivity index (χ1v) is 16.7. The fourth-order valence-electron chi connectivity index (χ4n) is 3.93. The van der Waals surface area contributed by atoms with Crippen molar-refractivity contribution >= 4 is 34.2 Å². The van der Waals surface area contributed by atoms with E-state index in [1.54, 1.807) is 0 Å². The van der Waals surface area contributed by atoms with E-state index in [1.165, 1.54) is 0 Å². The van der Waals surface area contributed by atoms with Gasteiger partial charge in [0.2, 0.25) is 0 Å². The molecule has 38 heavy (non-hydrogen) atoms. The summed E-state index contributed by atoms with van der Waals surface area (Å²) in [5.41, 5.74) is -0.430. The van der Waals surface area contributed by atoms with Crippen LogP contribution < -0.4 is 0 Å². The molecule has 0 aliphatic heterocycles. The van der Waals surface area contributed by atoms with E-state index in [1.807, 2.05) is 6.92 Å². The minimum atomic E-state index is -3.63. The van der Waals surface area contributed by atoms with Crippen LogP contribution in [-0.4, -0.2) is 57.5 Å². The highest BCUT2D eigenvalue weighted by molar-refractivity contribution is 8.07. The topological polar surface area (TPSA) is 57.2 Å². The third-order valence-electron chi connectivity index (χ3n) is 8.26. The van der Waals surface area contributed by atoms with E-state index in [9.17, 15) is 4.89 Å². The van der Waals surface area contributed by atoms with Gasteiger partial charge in [-0.2, -0.15) is 0 Å². The van der Waals surface area contributed by atoms with Crippen LogP contribution in [0.2, 0.25) is 0 Å². The van der Waals surface area contributed by atoms with Crippen molar-refractivity contribution < 1.29 is 23.4 Å². The van der Waals surface area contributed by atoms with Gasteiger partial charge in [-0.3, -0.25) is 0 Å². The minimum absolute atomic E-state index is 0.0204. The smallest absolute Gasteiger partial charge is 0.324 e. The average Bonchev–Trinajstić information content (AvgIpc) is 2.69. The standard InChI is InChI=1S/C29H59B2O5PS/c1-18(26(5,6)7)22(34-24(30)19(2)27(8,9)10)17-33-37(32,38)36-21(4)23(29(14,15)16)35-25(31)20(3)28(11,12)13/h18-25H,17H2,1-16H3,(H,32,38)/t18-,19?,20?,21-,22-,23+,24-,25-,37?/m1/s1.